The van der Waals surface area contributed by atoms with Gasteiger partial charge in [0.15, 0.2) is 0 Å². The number of unbranched alkanes of at least 4 members (excludes halogenated alkanes) is 11. The van der Waals surface area contributed by atoms with Crippen LogP contribution in [-0.2, 0) is 19.0 Å². The van der Waals surface area contributed by atoms with E-state index < -0.39 is 10.1 Å². The van der Waals surface area contributed by atoms with E-state index in [1.165, 1.54) is 83.5 Å². The Bertz CT molecular complexity index is 412. The van der Waals surface area contributed by atoms with Crippen LogP contribution in [0.15, 0.2) is 0 Å². The van der Waals surface area contributed by atoms with Crippen LogP contribution in [0, 0.1) is 0 Å². The zero-order valence-electron chi connectivity index (χ0n) is 18.2. The number of rotatable bonds is 20. The maximum absolute atomic E-state index is 11.0. The van der Waals surface area contributed by atoms with Crippen molar-refractivity contribution in [2.75, 3.05) is 25.7 Å². The van der Waals surface area contributed by atoms with Crippen LogP contribution >= 0.6 is 11.8 Å². The highest BCUT2D eigenvalue weighted by molar-refractivity contribution is 7.99. The second kappa shape index (κ2) is 18.3. The number of thioether (sulfide) groups is 1. The van der Waals surface area contributed by atoms with Crippen LogP contribution in [0.2, 0.25) is 0 Å². The summed E-state index contributed by atoms with van der Waals surface area (Å²) in [5.41, 5.74) is 0. The van der Waals surface area contributed by atoms with Crippen molar-refractivity contribution < 1.29 is 17.3 Å². The minimum atomic E-state index is -3.39. The number of ether oxygens (including phenoxy) is 1. The van der Waals surface area contributed by atoms with Crippen molar-refractivity contribution in [2.24, 2.45) is 0 Å². The molecule has 164 valence electrons. The molecule has 0 aliphatic carbocycles. The molecule has 0 N–H and O–H groups in total. The monoisotopic (exact) mass is 424 g/mol. The van der Waals surface area contributed by atoms with Crippen molar-refractivity contribution in [1.29, 1.82) is 0 Å². The summed E-state index contributed by atoms with van der Waals surface area (Å²) in [6, 6.07) is 0. The summed E-state index contributed by atoms with van der Waals surface area (Å²) in [4.78, 5) is 0. The lowest BCUT2D eigenvalue weighted by molar-refractivity contribution is 0.0776. The molecule has 0 aromatic rings. The molecule has 0 heterocycles. The molecule has 2 atom stereocenters. The van der Waals surface area contributed by atoms with Crippen LogP contribution in [0.4, 0.5) is 0 Å². The van der Waals surface area contributed by atoms with Gasteiger partial charge in [-0.3, -0.25) is 4.18 Å². The molecule has 27 heavy (non-hydrogen) atoms. The van der Waals surface area contributed by atoms with E-state index in [1.807, 2.05) is 11.8 Å². The van der Waals surface area contributed by atoms with Gasteiger partial charge in [0.2, 0.25) is 0 Å². The van der Waals surface area contributed by atoms with E-state index in [0.29, 0.717) is 5.25 Å². The van der Waals surface area contributed by atoms with Gasteiger partial charge in [0, 0.05) is 18.1 Å². The molecule has 0 radical (unpaired) electrons. The first-order valence-corrected chi connectivity index (χ1v) is 13.7. The molecule has 0 aliphatic rings. The zero-order chi connectivity index (χ0) is 20.4. The highest BCUT2D eigenvalue weighted by Crippen LogP contribution is 2.20. The third-order valence-corrected chi connectivity index (χ3v) is 6.77. The van der Waals surface area contributed by atoms with Gasteiger partial charge in [0.05, 0.1) is 19.0 Å². The largest absolute Gasteiger partial charge is 0.378 e. The Morgan fingerprint density at radius 3 is 1.78 bits per heavy atom. The van der Waals surface area contributed by atoms with Crippen molar-refractivity contribution in [3.05, 3.63) is 0 Å². The van der Waals surface area contributed by atoms with Crippen LogP contribution in [0.5, 0.6) is 0 Å². The van der Waals surface area contributed by atoms with E-state index in [1.54, 1.807) is 7.11 Å². The Morgan fingerprint density at radius 2 is 1.33 bits per heavy atom. The van der Waals surface area contributed by atoms with E-state index in [9.17, 15) is 8.42 Å². The molecule has 0 fully saturated rings. The van der Waals surface area contributed by atoms with Gasteiger partial charge in [-0.1, -0.05) is 90.9 Å². The van der Waals surface area contributed by atoms with E-state index in [-0.39, 0.29) is 12.7 Å². The van der Waals surface area contributed by atoms with Gasteiger partial charge < -0.3 is 4.74 Å². The minimum Gasteiger partial charge on any atom is -0.378 e. The molecule has 2 unspecified atom stereocenters. The van der Waals surface area contributed by atoms with E-state index >= 15 is 0 Å². The number of methoxy groups -OCH3 is 1. The van der Waals surface area contributed by atoms with E-state index in [2.05, 4.69) is 13.8 Å². The van der Waals surface area contributed by atoms with Crippen LogP contribution in [0.25, 0.3) is 0 Å². The Balaban J connectivity index is 3.46. The first kappa shape index (κ1) is 27.2. The highest BCUT2D eigenvalue weighted by atomic mass is 32.2. The first-order chi connectivity index (χ1) is 12.9. The summed E-state index contributed by atoms with van der Waals surface area (Å²) in [5, 5.41) is 0.573. The van der Waals surface area contributed by atoms with Crippen molar-refractivity contribution in [1.82, 2.24) is 0 Å². The molecule has 0 aromatic carbocycles. The van der Waals surface area contributed by atoms with Gasteiger partial charge in [0.1, 0.15) is 0 Å². The van der Waals surface area contributed by atoms with E-state index in [4.69, 9.17) is 8.92 Å². The van der Waals surface area contributed by atoms with Gasteiger partial charge in [-0.15, -0.1) is 0 Å². The summed E-state index contributed by atoms with van der Waals surface area (Å²) >= 11 is 1.84. The molecule has 0 aromatic heterocycles. The number of hydrogen-bond donors (Lipinski definition) is 0. The first-order valence-electron chi connectivity index (χ1n) is 10.9. The Labute approximate surface area is 173 Å². The molecule has 0 saturated heterocycles. The van der Waals surface area contributed by atoms with Crippen LogP contribution in [0.3, 0.4) is 0 Å². The predicted octanol–water partition coefficient (Wildman–Crippen LogP) is 6.19. The molecule has 0 aliphatic heterocycles. The fourth-order valence-corrected chi connectivity index (χ4v) is 4.52. The Kier molecular flexibility index (Phi) is 18.4. The molecule has 6 heteroatoms. The summed E-state index contributed by atoms with van der Waals surface area (Å²) in [6.45, 7) is 4.62. The molecule has 0 spiro atoms. The SMILES string of the molecule is CCCCCCCCCCCCCCC(C)SCC(COS(C)(=O)=O)OC. The third-order valence-electron chi connectivity index (χ3n) is 4.83. The molecule has 0 saturated carbocycles. The Hall–Kier alpha value is 0.220. The van der Waals surface area contributed by atoms with Gasteiger partial charge in [-0.25, -0.2) is 0 Å². The van der Waals surface area contributed by atoms with Crippen molar-refractivity contribution in [3.63, 3.8) is 0 Å². The Morgan fingerprint density at radius 1 is 0.852 bits per heavy atom. The zero-order valence-corrected chi connectivity index (χ0v) is 19.8. The van der Waals surface area contributed by atoms with E-state index in [0.717, 1.165) is 12.0 Å². The van der Waals surface area contributed by atoms with Crippen LogP contribution < -0.4 is 0 Å². The summed E-state index contributed by atoms with van der Waals surface area (Å²) < 4.78 is 32.2. The van der Waals surface area contributed by atoms with Gasteiger partial charge >= 0.3 is 0 Å². The average Bonchev–Trinajstić information content (AvgIpc) is 2.62. The quantitative estimate of drug-likeness (QED) is 0.172. The predicted molar refractivity (Wildman–Crippen MR) is 119 cm³/mol. The molecule has 4 nitrogen and oxygen atoms in total. The molecule has 0 amide bonds. The van der Waals surface area contributed by atoms with Gasteiger partial charge in [-0.2, -0.15) is 20.2 Å². The van der Waals surface area contributed by atoms with Crippen molar-refractivity contribution >= 4 is 21.9 Å². The number of hydrogen-bond acceptors (Lipinski definition) is 5. The second-order valence-corrected chi connectivity index (χ2v) is 10.8. The summed E-state index contributed by atoms with van der Waals surface area (Å²) in [6.07, 6.45) is 18.7. The molecular weight excluding hydrogens is 380 g/mol. The van der Waals surface area contributed by atoms with Crippen LogP contribution in [0.1, 0.15) is 97.3 Å². The second-order valence-electron chi connectivity index (χ2n) is 7.67. The third kappa shape index (κ3) is 20.8. The lowest BCUT2D eigenvalue weighted by Crippen LogP contribution is -2.23. The topological polar surface area (TPSA) is 52.6 Å². The fraction of sp³-hybridized carbons (Fsp3) is 1.00. The van der Waals surface area contributed by atoms with Gasteiger partial charge in [-0.05, 0) is 6.42 Å². The standard InChI is InChI=1S/C21H44O4S2/c1-5-6-7-8-9-10-11-12-13-14-15-16-17-20(2)26-19-21(24-3)18-25-27(4,22)23/h20-21H,5-19H2,1-4H3. The maximum Gasteiger partial charge on any atom is 0.264 e. The van der Waals surface area contributed by atoms with Crippen LogP contribution in [-0.4, -0.2) is 45.5 Å². The lowest BCUT2D eigenvalue weighted by Gasteiger charge is -2.17. The van der Waals surface area contributed by atoms with Gasteiger partial charge in [0.25, 0.3) is 10.1 Å². The van der Waals surface area contributed by atoms with Crippen molar-refractivity contribution in [2.45, 2.75) is 109 Å². The highest BCUT2D eigenvalue weighted by Gasteiger charge is 2.14. The molecular formula is C21H44O4S2. The fourth-order valence-electron chi connectivity index (χ4n) is 3.01. The average molecular weight is 425 g/mol. The normalized spacial score (nSPS) is 14.4. The summed E-state index contributed by atoms with van der Waals surface area (Å²) in [5.74, 6) is 0.769. The molecule has 0 bridgehead atoms. The lowest BCUT2D eigenvalue weighted by atomic mass is 10.0. The van der Waals surface area contributed by atoms with Crippen molar-refractivity contribution in [3.8, 4) is 0 Å². The smallest absolute Gasteiger partial charge is 0.264 e. The maximum atomic E-state index is 11.0. The minimum absolute atomic E-state index is 0.105. The summed E-state index contributed by atoms with van der Waals surface area (Å²) in [7, 11) is -1.79. The molecule has 0 rings (SSSR count).